The highest BCUT2D eigenvalue weighted by molar-refractivity contribution is 5.84. The van der Waals surface area contributed by atoms with Crippen LogP contribution in [0.25, 0.3) is 0 Å². The Labute approximate surface area is 125 Å². The number of carbonyl (C=O) groups is 2. The monoisotopic (exact) mass is 293 g/mol. The maximum atomic E-state index is 11.8. The van der Waals surface area contributed by atoms with Crippen molar-refractivity contribution in [2.24, 2.45) is 0 Å². The topological polar surface area (TPSA) is 75.6 Å². The molecule has 1 rings (SSSR count). The average molecular weight is 293 g/mol. The molecule has 116 valence electrons. The summed E-state index contributed by atoms with van der Waals surface area (Å²) in [4.78, 5) is 22.8. The predicted molar refractivity (Wildman–Crippen MR) is 80.5 cm³/mol. The summed E-state index contributed by atoms with van der Waals surface area (Å²) in [6, 6.07) is 4.89. The van der Waals surface area contributed by atoms with Crippen LogP contribution in [-0.4, -0.2) is 29.6 Å². The lowest BCUT2D eigenvalue weighted by molar-refractivity contribution is -0.142. The second-order valence-electron chi connectivity index (χ2n) is 5.16. The molecule has 0 radical (unpaired) electrons. The number of aliphatic carboxylic acids is 1. The third-order valence-corrected chi connectivity index (χ3v) is 3.18. The molecule has 0 aliphatic rings. The van der Waals surface area contributed by atoms with Gasteiger partial charge in [-0.05, 0) is 37.5 Å². The van der Waals surface area contributed by atoms with E-state index in [2.05, 4.69) is 5.32 Å². The predicted octanol–water partition coefficient (Wildman–Crippen LogP) is 2.44. The second kappa shape index (κ2) is 8.29. The van der Waals surface area contributed by atoms with E-state index in [0.717, 1.165) is 24.0 Å². The molecule has 0 saturated heterocycles. The Morgan fingerprint density at radius 3 is 2.67 bits per heavy atom. The van der Waals surface area contributed by atoms with E-state index in [0.29, 0.717) is 12.2 Å². The molecule has 0 aliphatic heterocycles. The molecule has 1 unspecified atom stereocenters. The number of carboxylic acids is 1. The molecule has 0 heterocycles. The first-order valence-electron chi connectivity index (χ1n) is 7.16. The maximum Gasteiger partial charge on any atom is 0.326 e. The normalized spacial score (nSPS) is 11.8. The Morgan fingerprint density at radius 2 is 2.05 bits per heavy atom. The standard InChI is InChI=1S/C16H23NO4/c1-4-5-6-13(16(19)20)17-15(18)10-21-14-9-11(2)7-8-12(14)3/h7-9,13H,4-6,10H2,1-3H3,(H,17,18)(H,19,20). The van der Waals surface area contributed by atoms with Crippen LogP contribution in [0.2, 0.25) is 0 Å². The SMILES string of the molecule is CCCCC(NC(=O)COc1cc(C)ccc1C)C(=O)O. The third-order valence-electron chi connectivity index (χ3n) is 3.18. The Bertz CT molecular complexity index is 499. The van der Waals surface area contributed by atoms with Gasteiger partial charge in [0.25, 0.3) is 5.91 Å². The molecule has 0 aliphatic carbocycles. The van der Waals surface area contributed by atoms with Gasteiger partial charge in [-0.3, -0.25) is 4.79 Å². The average Bonchev–Trinajstić information content (AvgIpc) is 2.44. The summed E-state index contributed by atoms with van der Waals surface area (Å²) in [7, 11) is 0. The Morgan fingerprint density at radius 1 is 1.33 bits per heavy atom. The van der Waals surface area contributed by atoms with E-state index < -0.39 is 17.9 Å². The number of hydrogen-bond donors (Lipinski definition) is 2. The lowest BCUT2D eigenvalue weighted by Gasteiger charge is -2.15. The highest BCUT2D eigenvalue weighted by Gasteiger charge is 2.19. The van der Waals surface area contributed by atoms with Gasteiger partial charge in [0, 0.05) is 0 Å². The van der Waals surface area contributed by atoms with Crippen LogP contribution < -0.4 is 10.1 Å². The second-order valence-corrected chi connectivity index (χ2v) is 5.16. The van der Waals surface area contributed by atoms with E-state index in [-0.39, 0.29) is 6.61 Å². The molecule has 0 spiro atoms. The summed E-state index contributed by atoms with van der Waals surface area (Å²) in [6.07, 6.45) is 2.08. The van der Waals surface area contributed by atoms with Crippen LogP contribution in [0.15, 0.2) is 18.2 Å². The van der Waals surface area contributed by atoms with Gasteiger partial charge >= 0.3 is 5.97 Å². The number of amides is 1. The maximum absolute atomic E-state index is 11.8. The zero-order chi connectivity index (χ0) is 15.8. The van der Waals surface area contributed by atoms with Crippen molar-refractivity contribution in [3.63, 3.8) is 0 Å². The highest BCUT2D eigenvalue weighted by atomic mass is 16.5. The zero-order valence-electron chi connectivity index (χ0n) is 12.8. The van der Waals surface area contributed by atoms with Crippen LogP contribution in [0, 0.1) is 13.8 Å². The number of hydrogen-bond acceptors (Lipinski definition) is 3. The summed E-state index contributed by atoms with van der Waals surface area (Å²) in [6.45, 7) is 5.64. The van der Waals surface area contributed by atoms with Gasteiger partial charge in [0.1, 0.15) is 11.8 Å². The molecule has 1 atom stereocenters. The van der Waals surface area contributed by atoms with Crippen molar-refractivity contribution >= 4 is 11.9 Å². The third kappa shape index (κ3) is 5.85. The first-order chi connectivity index (χ1) is 9.93. The van der Waals surface area contributed by atoms with E-state index >= 15 is 0 Å². The van der Waals surface area contributed by atoms with E-state index in [4.69, 9.17) is 9.84 Å². The fourth-order valence-corrected chi connectivity index (χ4v) is 1.91. The Kier molecular flexibility index (Phi) is 6.72. The van der Waals surface area contributed by atoms with Crippen molar-refractivity contribution in [1.29, 1.82) is 0 Å². The molecule has 0 saturated carbocycles. The number of ether oxygens (including phenoxy) is 1. The van der Waals surface area contributed by atoms with Crippen LogP contribution in [0.1, 0.15) is 37.3 Å². The summed E-state index contributed by atoms with van der Waals surface area (Å²) < 4.78 is 5.46. The van der Waals surface area contributed by atoms with Gasteiger partial charge in [0.15, 0.2) is 6.61 Å². The molecule has 0 bridgehead atoms. The van der Waals surface area contributed by atoms with E-state index in [9.17, 15) is 9.59 Å². The number of carboxylic acid groups (broad SMARTS) is 1. The van der Waals surface area contributed by atoms with Crippen LogP contribution in [0.3, 0.4) is 0 Å². The van der Waals surface area contributed by atoms with E-state index in [1.165, 1.54) is 0 Å². The van der Waals surface area contributed by atoms with Crippen molar-refractivity contribution < 1.29 is 19.4 Å². The Hall–Kier alpha value is -2.04. The Balaban J connectivity index is 2.52. The van der Waals surface area contributed by atoms with Crippen LogP contribution in [0.5, 0.6) is 5.75 Å². The van der Waals surface area contributed by atoms with E-state index in [1.54, 1.807) is 0 Å². The number of aryl methyl sites for hydroxylation is 2. The molecule has 2 N–H and O–H groups in total. The molecular weight excluding hydrogens is 270 g/mol. The minimum absolute atomic E-state index is 0.180. The van der Waals surface area contributed by atoms with Crippen molar-refractivity contribution in [2.45, 2.75) is 46.1 Å². The minimum atomic E-state index is -1.01. The lowest BCUT2D eigenvalue weighted by Crippen LogP contribution is -2.42. The number of rotatable bonds is 8. The summed E-state index contributed by atoms with van der Waals surface area (Å²) in [5.41, 5.74) is 1.98. The molecule has 5 nitrogen and oxygen atoms in total. The van der Waals surface area contributed by atoms with Gasteiger partial charge in [-0.2, -0.15) is 0 Å². The molecule has 1 amide bonds. The van der Waals surface area contributed by atoms with Crippen LogP contribution >= 0.6 is 0 Å². The quantitative estimate of drug-likeness (QED) is 0.772. The minimum Gasteiger partial charge on any atom is -0.483 e. The van der Waals surface area contributed by atoms with Gasteiger partial charge in [-0.15, -0.1) is 0 Å². The zero-order valence-corrected chi connectivity index (χ0v) is 12.8. The molecule has 1 aromatic carbocycles. The van der Waals surface area contributed by atoms with Crippen molar-refractivity contribution in [3.05, 3.63) is 29.3 Å². The smallest absolute Gasteiger partial charge is 0.326 e. The number of nitrogens with one attached hydrogen (secondary N) is 1. The summed E-state index contributed by atoms with van der Waals surface area (Å²) in [5, 5.41) is 11.6. The fourth-order valence-electron chi connectivity index (χ4n) is 1.91. The van der Waals surface area contributed by atoms with Gasteiger partial charge in [-0.25, -0.2) is 4.79 Å². The first kappa shape index (κ1) is 17.0. The van der Waals surface area contributed by atoms with Crippen molar-refractivity contribution in [2.75, 3.05) is 6.61 Å². The fraction of sp³-hybridized carbons (Fsp3) is 0.500. The first-order valence-corrected chi connectivity index (χ1v) is 7.16. The van der Waals surface area contributed by atoms with Gasteiger partial charge in [0.05, 0.1) is 0 Å². The lowest BCUT2D eigenvalue weighted by atomic mass is 10.1. The van der Waals surface area contributed by atoms with Gasteiger partial charge in [0.2, 0.25) is 0 Å². The highest BCUT2D eigenvalue weighted by Crippen LogP contribution is 2.18. The molecule has 5 heteroatoms. The summed E-state index contributed by atoms with van der Waals surface area (Å²) in [5.74, 6) is -0.784. The van der Waals surface area contributed by atoms with Crippen LogP contribution in [-0.2, 0) is 9.59 Å². The molecule has 21 heavy (non-hydrogen) atoms. The summed E-state index contributed by atoms with van der Waals surface area (Å²) >= 11 is 0. The largest absolute Gasteiger partial charge is 0.483 e. The molecule has 1 aromatic rings. The molecular formula is C16H23NO4. The number of unbranched alkanes of at least 4 members (excludes halogenated alkanes) is 1. The van der Waals surface area contributed by atoms with Crippen LogP contribution in [0.4, 0.5) is 0 Å². The molecule has 0 fully saturated rings. The number of benzene rings is 1. The van der Waals surface area contributed by atoms with Gasteiger partial charge in [-0.1, -0.05) is 31.9 Å². The van der Waals surface area contributed by atoms with Crippen molar-refractivity contribution in [3.8, 4) is 5.75 Å². The van der Waals surface area contributed by atoms with Gasteiger partial charge < -0.3 is 15.2 Å². The van der Waals surface area contributed by atoms with Crippen molar-refractivity contribution in [1.82, 2.24) is 5.32 Å². The molecule has 0 aromatic heterocycles. The van der Waals surface area contributed by atoms with E-state index in [1.807, 2.05) is 39.0 Å². The number of carbonyl (C=O) groups excluding carboxylic acids is 1.